The van der Waals surface area contributed by atoms with Crippen LogP contribution in [-0.4, -0.2) is 32.4 Å². The Bertz CT molecular complexity index is 878. The largest absolute Gasteiger partial charge is 0.497 e. The number of hydrogen-bond donors (Lipinski definition) is 0. The number of rotatable bonds is 4. The molecule has 24 heavy (non-hydrogen) atoms. The van der Waals surface area contributed by atoms with Crippen LogP contribution in [0.3, 0.4) is 0 Å². The van der Waals surface area contributed by atoms with Crippen molar-refractivity contribution in [1.29, 1.82) is 0 Å². The van der Waals surface area contributed by atoms with Crippen LogP contribution in [0.25, 0.3) is 10.4 Å². The van der Waals surface area contributed by atoms with Gasteiger partial charge in [0.25, 0.3) is 10.0 Å². The van der Waals surface area contributed by atoms with Gasteiger partial charge in [0.15, 0.2) is 0 Å². The van der Waals surface area contributed by atoms with Gasteiger partial charge in [-0.3, -0.25) is 0 Å². The van der Waals surface area contributed by atoms with Crippen LogP contribution in [0.15, 0.2) is 34.5 Å². The van der Waals surface area contributed by atoms with Gasteiger partial charge in [-0.25, -0.2) is 12.8 Å². The first kappa shape index (κ1) is 16.1. The van der Waals surface area contributed by atoms with Gasteiger partial charge in [0.2, 0.25) is 0 Å². The van der Waals surface area contributed by atoms with Gasteiger partial charge in [-0.2, -0.15) is 4.31 Å². The predicted octanol–water partition coefficient (Wildman–Crippen LogP) is 3.74. The van der Waals surface area contributed by atoms with E-state index < -0.39 is 15.8 Å². The molecule has 4 nitrogen and oxygen atoms in total. The zero-order chi connectivity index (χ0) is 16.9. The SMILES string of the molecule is COc1cc(F)cc(-c2ccc(S(=O)(=O)N3C[C@@H]4CCC[C@@H]43)s2)c1. The first-order valence-electron chi connectivity index (χ1n) is 7.95. The van der Waals surface area contributed by atoms with Crippen LogP contribution in [0.2, 0.25) is 0 Å². The molecule has 1 saturated heterocycles. The zero-order valence-corrected chi connectivity index (χ0v) is 14.9. The number of methoxy groups -OCH3 is 1. The topological polar surface area (TPSA) is 46.6 Å². The van der Waals surface area contributed by atoms with E-state index in [1.54, 1.807) is 22.5 Å². The average molecular weight is 367 g/mol. The second-order valence-corrected chi connectivity index (χ2v) is 9.53. The summed E-state index contributed by atoms with van der Waals surface area (Å²) in [6.45, 7) is 0.633. The zero-order valence-electron chi connectivity index (χ0n) is 13.2. The summed E-state index contributed by atoms with van der Waals surface area (Å²) in [5.74, 6) is 0.546. The number of nitrogens with zero attached hydrogens (tertiary/aromatic N) is 1. The van der Waals surface area contributed by atoms with Crippen LogP contribution < -0.4 is 4.74 Å². The Hall–Kier alpha value is -1.44. The molecule has 2 atom stereocenters. The van der Waals surface area contributed by atoms with E-state index in [4.69, 9.17) is 4.74 Å². The van der Waals surface area contributed by atoms with E-state index in [9.17, 15) is 12.8 Å². The molecule has 0 bridgehead atoms. The summed E-state index contributed by atoms with van der Waals surface area (Å²) in [7, 11) is -1.97. The molecule has 1 aromatic heterocycles. The summed E-state index contributed by atoms with van der Waals surface area (Å²) in [6.07, 6.45) is 3.21. The fraction of sp³-hybridized carbons (Fsp3) is 0.412. The van der Waals surface area contributed by atoms with Crippen molar-refractivity contribution in [2.24, 2.45) is 5.92 Å². The molecule has 0 radical (unpaired) electrons. The van der Waals surface area contributed by atoms with Crippen molar-refractivity contribution in [2.75, 3.05) is 13.7 Å². The van der Waals surface area contributed by atoms with Crippen LogP contribution >= 0.6 is 11.3 Å². The number of sulfonamides is 1. The average Bonchev–Trinajstić information content (AvgIpc) is 3.14. The Morgan fingerprint density at radius 2 is 2.08 bits per heavy atom. The molecule has 2 aliphatic rings. The summed E-state index contributed by atoms with van der Waals surface area (Å²) in [6, 6.07) is 7.93. The Morgan fingerprint density at radius 1 is 1.25 bits per heavy atom. The second-order valence-electron chi connectivity index (χ2n) is 6.33. The molecule has 2 aromatic rings. The molecular weight excluding hydrogens is 349 g/mol. The fourth-order valence-electron chi connectivity index (χ4n) is 3.67. The molecule has 4 rings (SSSR count). The fourth-order valence-corrected chi connectivity index (χ4v) is 6.86. The van der Waals surface area contributed by atoms with E-state index in [1.165, 1.54) is 30.6 Å². The smallest absolute Gasteiger partial charge is 0.252 e. The summed E-state index contributed by atoms with van der Waals surface area (Å²) in [4.78, 5) is 0.717. The van der Waals surface area contributed by atoms with Gasteiger partial charge >= 0.3 is 0 Å². The molecule has 1 aromatic carbocycles. The van der Waals surface area contributed by atoms with E-state index in [0.29, 0.717) is 28.0 Å². The van der Waals surface area contributed by atoms with Crippen molar-refractivity contribution < 1.29 is 17.5 Å². The van der Waals surface area contributed by atoms with Crippen LogP contribution in [0.1, 0.15) is 19.3 Å². The maximum atomic E-state index is 13.7. The maximum absolute atomic E-state index is 13.7. The van der Waals surface area contributed by atoms with Crippen molar-refractivity contribution >= 4 is 21.4 Å². The number of hydrogen-bond acceptors (Lipinski definition) is 4. The highest BCUT2D eigenvalue weighted by Crippen LogP contribution is 2.44. The Balaban J connectivity index is 1.64. The van der Waals surface area contributed by atoms with E-state index >= 15 is 0 Å². The molecule has 0 N–H and O–H groups in total. The van der Waals surface area contributed by atoms with Crippen LogP contribution in [0.5, 0.6) is 5.75 Å². The molecule has 0 spiro atoms. The lowest BCUT2D eigenvalue weighted by Gasteiger charge is -2.42. The molecule has 1 aliphatic carbocycles. The number of benzene rings is 1. The van der Waals surface area contributed by atoms with Crippen molar-refractivity contribution in [3.05, 3.63) is 36.1 Å². The number of fused-ring (bicyclic) bond motifs is 1. The minimum absolute atomic E-state index is 0.176. The van der Waals surface area contributed by atoms with Crippen molar-refractivity contribution in [3.63, 3.8) is 0 Å². The van der Waals surface area contributed by atoms with Gasteiger partial charge < -0.3 is 4.74 Å². The van der Waals surface area contributed by atoms with Crippen molar-refractivity contribution in [3.8, 4) is 16.2 Å². The molecule has 2 fully saturated rings. The van der Waals surface area contributed by atoms with Crippen molar-refractivity contribution in [2.45, 2.75) is 29.5 Å². The first-order chi connectivity index (χ1) is 11.5. The molecule has 0 unspecified atom stereocenters. The van der Waals surface area contributed by atoms with Gasteiger partial charge in [-0.1, -0.05) is 6.42 Å². The standard InChI is InChI=1S/C17H18FNO3S2/c1-22-14-8-12(7-13(18)9-14)16-5-6-17(23-16)24(20,21)19-10-11-3-2-4-15(11)19/h5-9,11,15H,2-4,10H2,1H3/t11-,15-/m0/s1. The first-order valence-corrected chi connectivity index (χ1v) is 10.2. The molecule has 128 valence electrons. The van der Waals surface area contributed by atoms with E-state index in [1.807, 2.05) is 0 Å². The summed E-state index contributed by atoms with van der Waals surface area (Å²) in [5.41, 5.74) is 0.626. The highest BCUT2D eigenvalue weighted by molar-refractivity contribution is 7.91. The van der Waals surface area contributed by atoms with E-state index in [0.717, 1.165) is 24.1 Å². The Morgan fingerprint density at radius 3 is 2.83 bits per heavy atom. The van der Waals surface area contributed by atoms with Crippen LogP contribution in [0.4, 0.5) is 4.39 Å². The molecule has 0 amide bonds. The van der Waals surface area contributed by atoms with E-state index in [2.05, 4.69) is 0 Å². The number of ether oxygens (including phenoxy) is 1. The molecule has 1 saturated carbocycles. The summed E-state index contributed by atoms with van der Waals surface area (Å²) in [5, 5.41) is 0. The minimum Gasteiger partial charge on any atom is -0.497 e. The minimum atomic E-state index is -3.44. The van der Waals surface area contributed by atoms with Gasteiger partial charge in [0.05, 0.1) is 7.11 Å². The maximum Gasteiger partial charge on any atom is 0.252 e. The Kier molecular flexibility index (Phi) is 3.89. The third-order valence-corrected chi connectivity index (χ3v) is 8.43. The quantitative estimate of drug-likeness (QED) is 0.827. The monoisotopic (exact) mass is 367 g/mol. The Labute approximate surface area is 144 Å². The lowest BCUT2D eigenvalue weighted by Crippen LogP contribution is -2.55. The van der Waals surface area contributed by atoms with Crippen LogP contribution in [-0.2, 0) is 10.0 Å². The van der Waals surface area contributed by atoms with Gasteiger partial charge in [0.1, 0.15) is 15.8 Å². The number of halogens is 1. The van der Waals surface area contributed by atoms with Crippen molar-refractivity contribution in [1.82, 2.24) is 4.31 Å². The summed E-state index contributed by atoms with van der Waals surface area (Å²) >= 11 is 1.18. The molecule has 1 aliphatic heterocycles. The normalized spacial score (nSPS) is 23.8. The third kappa shape index (κ3) is 2.55. The highest BCUT2D eigenvalue weighted by Gasteiger charge is 2.48. The molecule has 2 heterocycles. The van der Waals surface area contributed by atoms with Gasteiger partial charge in [0, 0.05) is 23.5 Å². The van der Waals surface area contributed by atoms with Gasteiger partial charge in [-0.05, 0) is 48.6 Å². The number of thiophene rings is 1. The molecular formula is C17H18FNO3S2. The second kappa shape index (κ2) is 5.82. The third-order valence-electron chi connectivity index (χ3n) is 4.94. The van der Waals surface area contributed by atoms with Crippen LogP contribution in [0, 0.1) is 11.7 Å². The molecule has 7 heteroatoms. The predicted molar refractivity (Wildman–Crippen MR) is 91.3 cm³/mol. The highest BCUT2D eigenvalue weighted by atomic mass is 32.2. The lowest BCUT2D eigenvalue weighted by molar-refractivity contribution is 0.132. The summed E-state index contributed by atoms with van der Waals surface area (Å²) < 4.78 is 46.4. The van der Waals surface area contributed by atoms with Gasteiger partial charge in [-0.15, -0.1) is 11.3 Å². The van der Waals surface area contributed by atoms with E-state index in [-0.39, 0.29) is 6.04 Å². The lowest BCUT2D eigenvalue weighted by atomic mass is 9.96.